The molecule has 1 aromatic carbocycles. The number of aromatic carboxylic acids is 1. The molecule has 0 amide bonds. The van der Waals surface area contributed by atoms with Gasteiger partial charge >= 0.3 is 5.97 Å². The average Bonchev–Trinajstić information content (AvgIpc) is 2.43. The summed E-state index contributed by atoms with van der Waals surface area (Å²) in [5.41, 5.74) is 2.44. The van der Waals surface area contributed by atoms with E-state index in [1.165, 1.54) is 0 Å². The molecule has 2 heterocycles. The summed E-state index contributed by atoms with van der Waals surface area (Å²) in [6.45, 7) is 3.84. The summed E-state index contributed by atoms with van der Waals surface area (Å²) in [4.78, 5) is 16.4. The second kappa shape index (κ2) is 5.00. The van der Waals surface area contributed by atoms with E-state index >= 15 is 0 Å². The van der Waals surface area contributed by atoms with Crippen molar-refractivity contribution in [2.24, 2.45) is 0 Å². The number of hydrogen-bond acceptors (Lipinski definition) is 4. The summed E-state index contributed by atoms with van der Waals surface area (Å²) in [6.07, 6.45) is 0.386. The Bertz CT molecular complexity index is 726. The zero-order valence-electron chi connectivity index (χ0n) is 12.2. The predicted molar refractivity (Wildman–Crippen MR) is 77.9 cm³/mol. The van der Waals surface area contributed by atoms with Gasteiger partial charge < -0.3 is 14.6 Å². The first kappa shape index (κ1) is 13.8. The van der Waals surface area contributed by atoms with E-state index in [1.807, 2.05) is 13.8 Å². The lowest BCUT2D eigenvalue weighted by Gasteiger charge is -2.29. The number of carbonyl (C=O) groups is 1. The van der Waals surface area contributed by atoms with Gasteiger partial charge in [-0.1, -0.05) is 0 Å². The number of fused-ring (bicyclic) bond motifs is 2. The van der Waals surface area contributed by atoms with Gasteiger partial charge in [-0.05, 0) is 32.0 Å². The van der Waals surface area contributed by atoms with Crippen LogP contribution in [0.5, 0.6) is 5.75 Å². The number of hydrogen-bond donors (Lipinski definition) is 1. The number of ether oxygens (including phenoxy) is 2. The fourth-order valence-corrected chi connectivity index (χ4v) is 3.00. The minimum absolute atomic E-state index is 0.0392. The highest BCUT2D eigenvalue weighted by atomic mass is 16.5. The van der Waals surface area contributed by atoms with E-state index in [1.54, 1.807) is 25.3 Å². The largest absolute Gasteiger partial charge is 0.497 e. The van der Waals surface area contributed by atoms with E-state index in [2.05, 4.69) is 4.98 Å². The highest BCUT2D eigenvalue weighted by Crippen LogP contribution is 2.36. The highest BCUT2D eigenvalue weighted by Gasteiger charge is 2.30. The third-order valence-corrected chi connectivity index (χ3v) is 3.85. The van der Waals surface area contributed by atoms with Crippen LogP contribution in [0.1, 0.15) is 41.6 Å². The molecule has 3 rings (SSSR count). The quantitative estimate of drug-likeness (QED) is 0.919. The zero-order chi connectivity index (χ0) is 15.1. The van der Waals surface area contributed by atoms with Gasteiger partial charge in [-0.2, -0.15) is 0 Å². The van der Waals surface area contributed by atoms with Gasteiger partial charge in [0.15, 0.2) is 0 Å². The summed E-state index contributed by atoms with van der Waals surface area (Å²) < 4.78 is 11.0. The highest BCUT2D eigenvalue weighted by molar-refractivity contribution is 6.04. The Hall–Kier alpha value is -2.14. The molecule has 1 aromatic heterocycles. The summed E-state index contributed by atoms with van der Waals surface area (Å²) in [7, 11) is 1.56. The van der Waals surface area contributed by atoms with Gasteiger partial charge in [0.05, 0.1) is 36.1 Å². The van der Waals surface area contributed by atoms with Crippen molar-refractivity contribution in [2.75, 3.05) is 7.11 Å². The van der Waals surface area contributed by atoms with Crippen molar-refractivity contribution in [3.05, 3.63) is 35.0 Å². The van der Waals surface area contributed by atoms with E-state index in [0.29, 0.717) is 28.6 Å². The third-order valence-electron chi connectivity index (χ3n) is 3.85. The van der Waals surface area contributed by atoms with Crippen molar-refractivity contribution in [1.82, 2.24) is 4.98 Å². The lowest BCUT2D eigenvalue weighted by Crippen LogP contribution is -2.26. The van der Waals surface area contributed by atoms with E-state index in [9.17, 15) is 9.90 Å². The molecule has 1 aliphatic rings. The third kappa shape index (κ3) is 2.23. The Kier molecular flexibility index (Phi) is 3.29. The lowest BCUT2D eigenvalue weighted by molar-refractivity contribution is -0.00661. The van der Waals surface area contributed by atoms with Gasteiger partial charge in [0.2, 0.25) is 0 Å². The van der Waals surface area contributed by atoms with Gasteiger partial charge in [-0.3, -0.25) is 4.98 Å². The molecule has 1 aliphatic heterocycles. The molecular formula is C16H17NO4. The Morgan fingerprint density at radius 3 is 2.86 bits per heavy atom. The summed E-state index contributed by atoms with van der Waals surface area (Å²) in [5, 5.41) is 10.3. The first-order valence-corrected chi connectivity index (χ1v) is 6.90. The topological polar surface area (TPSA) is 68.7 Å². The van der Waals surface area contributed by atoms with Crippen LogP contribution in [0, 0.1) is 0 Å². The molecule has 110 valence electrons. The van der Waals surface area contributed by atoms with Crippen molar-refractivity contribution in [3.63, 3.8) is 0 Å². The monoisotopic (exact) mass is 287 g/mol. The predicted octanol–water partition coefficient (Wildman–Crippen LogP) is 2.96. The Morgan fingerprint density at radius 2 is 2.19 bits per heavy atom. The number of benzene rings is 1. The molecule has 0 spiro atoms. The van der Waals surface area contributed by atoms with Crippen LogP contribution < -0.4 is 4.74 Å². The fraction of sp³-hybridized carbons (Fsp3) is 0.375. The summed E-state index contributed by atoms with van der Waals surface area (Å²) in [6, 6.07) is 5.31. The first-order chi connectivity index (χ1) is 10.0. The number of carboxylic acids is 1. The second-order valence-electron chi connectivity index (χ2n) is 5.33. The molecule has 0 bridgehead atoms. The molecule has 0 fully saturated rings. The maximum Gasteiger partial charge on any atom is 0.336 e. The molecule has 1 N–H and O–H groups in total. The van der Waals surface area contributed by atoms with Crippen LogP contribution in [0.4, 0.5) is 0 Å². The molecule has 2 unspecified atom stereocenters. The van der Waals surface area contributed by atoms with Crippen LogP contribution in [0.25, 0.3) is 10.9 Å². The van der Waals surface area contributed by atoms with Crippen LogP contribution in [0.3, 0.4) is 0 Å². The molecule has 2 atom stereocenters. The van der Waals surface area contributed by atoms with Crippen molar-refractivity contribution < 1.29 is 19.4 Å². The van der Waals surface area contributed by atoms with E-state index in [0.717, 1.165) is 5.69 Å². The Labute approximate surface area is 122 Å². The summed E-state index contributed by atoms with van der Waals surface area (Å²) >= 11 is 0. The number of aromatic nitrogens is 1. The molecule has 0 radical (unpaired) electrons. The normalized spacial score (nSPS) is 21.1. The van der Waals surface area contributed by atoms with Crippen molar-refractivity contribution in [2.45, 2.75) is 32.5 Å². The van der Waals surface area contributed by atoms with Gasteiger partial charge in [-0.15, -0.1) is 0 Å². The molecular weight excluding hydrogens is 270 g/mol. The number of carboxylic acid groups (broad SMARTS) is 1. The minimum Gasteiger partial charge on any atom is -0.497 e. The number of pyridine rings is 1. The van der Waals surface area contributed by atoms with Crippen LogP contribution in [0.2, 0.25) is 0 Å². The fourth-order valence-electron chi connectivity index (χ4n) is 3.00. The van der Waals surface area contributed by atoms with Gasteiger partial charge in [-0.25, -0.2) is 4.79 Å². The SMILES string of the molecule is COc1ccc2nc3c(c(C(=O)O)c2c1)C(C)OC(C)C3. The number of methoxy groups -OCH3 is 1. The van der Waals surface area contributed by atoms with Crippen molar-refractivity contribution >= 4 is 16.9 Å². The maximum atomic E-state index is 11.8. The van der Waals surface area contributed by atoms with E-state index in [4.69, 9.17) is 9.47 Å². The molecule has 5 nitrogen and oxygen atoms in total. The Balaban J connectivity index is 2.37. The second-order valence-corrected chi connectivity index (χ2v) is 5.33. The van der Waals surface area contributed by atoms with Gasteiger partial charge in [0, 0.05) is 17.4 Å². The average molecular weight is 287 g/mol. The van der Waals surface area contributed by atoms with Crippen LogP contribution in [0.15, 0.2) is 18.2 Å². The van der Waals surface area contributed by atoms with Crippen LogP contribution >= 0.6 is 0 Å². The maximum absolute atomic E-state index is 11.8. The Morgan fingerprint density at radius 1 is 1.43 bits per heavy atom. The molecule has 0 saturated carbocycles. The molecule has 0 saturated heterocycles. The van der Waals surface area contributed by atoms with Crippen molar-refractivity contribution in [1.29, 1.82) is 0 Å². The molecule has 5 heteroatoms. The van der Waals surface area contributed by atoms with Gasteiger partial charge in [0.1, 0.15) is 5.75 Å². The van der Waals surface area contributed by atoms with Crippen molar-refractivity contribution in [3.8, 4) is 5.75 Å². The standard InChI is InChI=1S/C16H17NO4/c1-8-6-13-14(9(2)21-8)15(16(18)19)11-7-10(20-3)4-5-12(11)17-13/h4-5,7-9H,6H2,1-3H3,(H,18,19). The van der Waals surface area contributed by atoms with Crippen LogP contribution in [-0.2, 0) is 11.2 Å². The number of nitrogens with zero attached hydrogens (tertiary/aromatic N) is 1. The van der Waals surface area contributed by atoms with E-state index < -0.39 is 5.97 Å². The smallest absolute Gasteiger partial charge is 0.336 e. The minimum atomic E-state index is -0.961. The van der Waals surface area contributed by atoms with Gasteiger partial charge in [0.25, 0.3) is 0 Å². The zero-order valence-corrected chi connectivity index (χ0v) is 12.2. The van der Waals surface area contributed by atoms with E-state index in [-0.39, 0.29) is 17.8 Å². The number of rotatable bonds is 2. The summed E-state index contributed by atoms with van der Waals surface area (Å²) in [5.74, 6) is -0.346. The van der Waals surface area contributed by atoms with Crippen LogP contribution in [-0.4, -0.2) is 29.3 Å². The molecule has 0 aliphatic carbocycles. The lowest BCUT2D eigenvalue weighted by atomic mass is 9.92. The molecule has 21 heavy (non-hydrogen) atoms. The first-order valence-electron chi connectivity index (χ1n) is 6.90. The molecule has 2 aromatic rings.